The van der Waals surface area contributed by atoms with Crippen molar-refractivity contribution in [3.63, 3.8) is 0 Å². The van der Waals surface area contributed by atoms with Gasteiger partial charge >= 0.3 is 5.97 Å². The lowest BCUT2D eigenvalue weighted by atomic mass is 9.99. The second kappa shape index (κ2) is 6.97. The van der Waals surface area contributed by atoms with Crippen molar-refractivity contribution in [3.05, 3.63) is 51.7 Å². The van der Waals surface area contributed by atoms with Crippen molar-refractivity contribution >= 4 is 38.8 Å². The molecule has 2 aromatic rings. The average Bonchev–Trinajstić information content (AvgIpc) is 3.12. The van der Waals surface area contributed by atoms with Crippen molar-refractivity contribution in [2.24, 2.45) is 0 Å². The smallest absolute Gasteiger partial charge is 0.348 e. The van der Waals surface area contributed by atoms with Gasteiger partial charge in [-0.15, -0.1) is 11.3 Å². The predicted molar refractivity (Wildman–Crippen MR) is 95.9 cm³/mol. The van der Waals surface area contributed by atoms with Crippen LogP contribution in [0.25, 0.3) is 0 Å². The number of benzene rings is 1. The molecule has 6 nitrogen and oxygen atoms in total. The number of ketones is 1. The van der Waals surface area contributed by atoms with Gasteiger partial charge in [0.15, 0.2) is 12.4 Å². The molecule has 0 aliphatic carbocycles. The molecule has 0 bridgehead atoms. The van der Waals surface area contributed by atoms with Crippen molar-refractivity contribution in [3.8, 4) is 0 Å². The molecule has 3 rings (SSSR count). The Bertz CT molecular complexity index is 903. The number of sulfonamides is 1. The number of anilines is 1. The van der Waals surface area contributed by atoms with E-state index >= 15 is 0 Å². The van der Waals surface area contributed by atoms with Gasteiger partial charge in [-0.1, -0.05) is 6.07 Å². The summed E-state index contributed by atoms with van der Waals surface area (Å²) in [6.45, 7) is 0.100. The summed E-state index contributed by atoms with van der Waals surface area (Å²) >= 11 is 1.25. The Balaban J connectivity index is 1.73. The number of aryl methyl sites for hydroxylation is 1. The van der Waals surface area contributed by atoms with Crippen molar-refractivity contribution in [2.45, 2.75) is 12.8 Å². The lowest BCUT2D eigenvalue weighted by Crippen LogP contribution is -2.34. The third-order valence-electron chi connectivity index (χ3n) is 3.93. The van der Waals surface area contributed by atoms with Crippen LogP contribution in [0.15, 0.2) is 35.7 Å². The van der Waals surface area contributed by atoms with Gasteiger partial charge in [-0.3, -0.25) is 9.10 Å². The molecular weight excluding hydrogens is 362 g/mol. The lowest BCUT2D eigenvalue weighted by Gasteiger charge is -2.29. The number of hydrogen-bond donors (Lipinski definition) is 0. The van der Waals surface area contributed by atoms with Crippen LogP contribution in [0, 0.1) is 0 Å². The fourth-order valence-electron chi connectivity index (χ4n) is 2.76. The van der Waals surface area contributed by atoms with Crippen LogP contribution in [0.3, 0.4) is 0 Å². The van der Waals surface area contributed by atoms with E-state index in [4.69, 9.17) is 4.74 Å². The summed E-state index contributed by atoms with van der Waals surface area (Å²) in [5.74, 6) is -0.839. The van der Waals surface area contributed by atoms with E-state index < -0.39 is 16.0 Å². The summed E-state index contributed by atoms with van der Waals surface area (Å²) in [5, 5.41) is 1.76. The molecule has 132 valence electrons. The highest BCUT2D eigenvalue weighted by molar-refractivity contribution is 7.92. The molecule has 0 N–H and O–H groups in total. The standard InChI is InChI=1S/C17H17NO5S2/c1-25(21,22)18-8-2-4-12-10-13(6-7-14(12)18)15(19)11-23-17(20)16-5-3-9-24-16/h3,5-7,9-10H,2,4,8,11H2,1H3. The summed E-state index contributed by atoms with van der Waals surface area (Å²) in [7, 11) is -3.34. The molecule has 0 fully saturated rings. The molecule has 1 aliphatic heterocycles. The van der Waals surface area contributed by atoms with E-state index in [1.165, 1.54) is 21.9 Å². The molecule has 0 atom stereocenters. The van der Waals surface area contributed by atoms with E-state index in [-0.39, 0.29) is 12.4 Å². The number of ether oxygens (including phenoxy) is 1. The number of rotatable bonds is 5. The molecule has 0 saturated heterocycles. The monoisotopic (exact) mass is 379 g/mol. The van der Waals surface area contributed by atoms with Crippen LogP contribution in [0.2, 0.25) is 0 Å². The van der Waals surface area contributed by atoms with Crippen LogP contribution in [0.1, 0.15) is 32.0 Å². The first-order chi connectivity index (χ1) is 11.9. The lowest BCUT2D eigenvalue weighted by molar-refractivity contribution is 0.0479. The van der Waals surface area contributed by atoms with Gasteiger partial charge in [-0.25, -0.2) is 13.2 Å². The second-order valence-corrected chi connectivity index (χ2v) is 8.61. The summed E-state index contributed by atoms with van der Waals surface area (Å²) in [6.07, 6.45) is 2.58. The molecule has 1 aromatic carbocycles. The highest BCUT2D eigenvalue weighted by Gasteiger charge is 2.24. The second-order valence-electron chi connectivity index (χ2n) is 5.76. The topological polar surface area (TPSA) is 80.8 Å². The van der Waals surface area contributed by atoms with Crippen molar-refractivity contribution in [1.82, 2.24) is 0 Å². The van der Waals surface area contributed by atoms with Gasteiger partial charge in [-0.05, 0) is 48.1 Å². The Morgan fingerprint density at radius 2 is 2.08 bits per heavy atom. The molecule has 0 unspecified atom stereocenters. The van der Waals surface area contributed by atoms with Gasteiger partial charge in [0, 0.05) is 12.1 Å². The normalized spacial score (nSPS) is 14.0. The Kier molecular flexibility index (Phi) is 4.91. The van der Waals surface area contributed by atoms with Crippen LogP contribution in [0.5, 0.6) is 0 Å². The fraction of sp³-hybridized carbons (Fsp3) is 0.294. The summed E-state index contributed by atoms with van der Waals surface area (Å²) in [5.41, 5.74) is 1.83. The van der Waals surface area contributed by atoms with Gasteiger partial charge in [0.1, 0.15) is 4.88 Å². The first kappa shape index (κ1) is 17.6. The van der Waals surface area contributed by atoms with Crippen LogP contribution in [0.4, 0.5) is 5.69 Å². The van der Waals surface area contributed by atoms with Crippen molar-refractivity contribution < 1.29 is 22.7 Å². The number of carbonyl (C=O) groups excluding carboxylic acids is 2. The molecular formula is C17H17NO5S2. The number of nitrogens with zero attached hydrogens (tertiary/aromatic N) is 1. The maximum absolute atomic E-state index is 12.3. The van der Waals surface area contributed by atoms with Crippen molar-refractivity contribution in [1.29, 1.82) is 0 Å². The molecule has 25 heavy (non-hydrogen) atoms. The molecule has 1 aliphatic rings. The molecule has 1 aromatic heterocycles. The number of carbonyl (C=O) groups is 2. The number of esters is 1. The Morgan fingerprint density at radius 1 is 1.28 bits per heavy atom. The first-order valence-electron chi connectivity index (χ1n) is 7.71. The van der Waals surface area contributed by atoms with Gasteiger partial charge in [0.25, 0.3) is 0 Å². The number of fused-ring (bicyclic) bond motifs is 1. The van der Waals surface area contributed by atoms with E-state index in [9.17, 15) is 18.0 Å². The SMILES string of the molecule is CS(=O)(=O)N1CCCc2cc(C(=O)COC(=O)c3cccs3)ccc21. The molecule has 0 spiro atoms. The zero-order chi connectivity index (χ0) is 18.0. The number of Topliss-reactive ketones (excluding diaryl/α,β-unsaturated/α-hetero) is 1. The zero-order valence-corrected chi connectivity index (χ0v) is 15.2. The van der Waals surface area contributed by atoms with E-state index in [1.54, 1.807) is 35.7 Å². The minimum absolute atomic E-state index is 0.316. The van der Waals surface area contributed by atoms with Crippen LogP contribution < -0.4 is 4.31 Å². The number of hydrogen-bond acceptors (Lipinski definition) is 6. The van der Waals surface area contributed by atoms with E-state index in [0.29, 0.717) is 35.5 Å². The fourth-order valence-corrected chi connectivity index (χ4v) is 4.37. The molecule has 0 radical (unpaired) electrons. The molecule has 0 saturated carbocycles. The molecule has 8 heteroatoms. The van der Waals surface area contributed by atoms with Gasteiger partial charge in [0.05, 0.1) is 11.9 Å². The maximum atomic E-state index is 12.3. The minimum atomic E-state index is -3.34. The zero-order valence-electron chi connectivity index (χ0n) is 13.6. The van der Waals surface area contributed by atoms with Crippen LogP contribution in [-0.2, 0) is 21.2 Å². The Hall–Kier alpha value is -2.19. The summed E-state index contributed by atoms with van der Waals surface area (Å²) in [4.78, 5) is 24.5. The summed E-state index contributed by atoms with van der Waals surface area (Å²) < 4.78 is 30.1. The van der Waals surface area contributed by atoms with Crippen molar-refractivity contribution in [2.75, 3.05) is 23.7 Å². The van der Waals surface area contributed by atoms with Gasteiger partial charge < -0.3 is 4.74 Å². The van der Waals surface area contributed by atoms with Gasteiger partial charge in [-0.2, -0.15) is 0 Å². The van der Waals surface area contributed by atoms with E-state index in [2.05, 4.69) is 0 Å². The van der Waals surface area contributed by atoms with Gasteiger partial charge in [0.2, 0.25) is 10.0 Å². The summed E-state index contributed by atoms with van der Waals surface area (Å²) in [6, 6.07) is 8.28. The largest absolute Gasteiger partial charge is 0.453 e. The first-order valence-corrected chi connectivity index (χ1v) is 10.4. The van der Waals surface area contributed by atoms with E-state index in [1.807, 2.05) is 0 Å². The Labute approximate surface area is 150 Å². The predicted octanol–water partition coefficient (Wildman–Crippen LogP) is 2.50. The minimum Gasteiger partial charge on any atom is -0.453 e. The molecule has 0 amide bonds. The van der Waals surface area contributed by atoms with Crippen LogP contribution in [-0.4, -0.2) is 39.6 Å². The third-order valence-corrected chi connectivity index (χ3v) is 5.96. The number of thiophene rings is 1. The highest BCUT2D eigenvalue weighted by atomic mass is 32.2. The third kappa shape index (κ3) is 3.91. The Morgan fingerprint density at radius 3 is 2.76 bits per heavy atom. The quantitative estimate of drug-likeness (QED) is 0.589. The highest BCUT2D eigenvalue weighted by Crippen LogP contribution is 2.30. The van der Waals surface area contributed by atoms with E-state index in [0.717, 1.165) is 5.56 Å². The average molecular weight is 379 g/mol. The molecule has 2 heterocycles. The maximum Gasteiger partial charge on any atom is 0.348 e. The van der Waals surface area contributed by atoms with Crippen LogP contribution >= 0.6 is 11.3 Å².